The van der Waals surface area contributed by atoms with Crippen LogP contribution in [0.15, 0.2) is 34.9 Å². The van der Waals surface area contributed by atoms with E-state index in [4.69, 9.17) is 11.6 Å². The highest BCUT2D eigenvalue weighted by molar-refractivity contribution is 9.10. The lowest BCUT2D eigenvalue weighted by atomic mass is 10.1. The largest absolute Gasteiger partial charge is 0.351 e. The van der Waals surface area contributed by atoms with E-state index >= 15 is 0 Å². The molecule has 92 valence electrons. The summed E-state index contributed by atoms with van der Waals surface area (Å²) in [7, 11) is 0. The number of benzene rings is 1. The number of nitrogens with one attached hydrogen (secondary N) is 1. The first-order valence-corrected chi connectivity index (χ1v) is 6.94. The van der Waals surface area contributed by atoms with Gasteiger partial charge in [0.1, 0.15) is 0 Å². The number of nitrogens with zero attached hydrogens (tertiary/aromatic N) is 2. The van der Waals surface area contributed by atoms with Crippen molar-refractivity contribution in [1.29, 1.82) is 0 Å². The molecule has 5 heteroatoms. The Morgan fingerprint density at radius 3 is 2.83 bits per heavy atom. The van der Waals surface area contributed by atoms with Gasteiger partial charge in [-0.1, -0.05) is 33.6 Å². The minimum atomic E-state index is 0.542. The first-order valence-electron chi connectivity index (χ1n) is 5.77. The molecular weight excluding hydrogens is 314 g/mol. The third-order valence-electron chi connectivity index (χ3n) is 2.77. The zero-order valence-corrected chi connectivity index (χ0v) is 11.9. The zero-order valence-electron chi connectivity index (χ0n) is 9.53. The fraction of sp³-hybridized carbons (Fsp3) is 0.231. The molecule has 0 bridgehead atoms. The summed E-state index contributed by atoms with van der Waals surface area (Å²) in [6, 6.07) is 8.19. The normalized spacial score (nSPS) is 14.6. The van der Waals surface area contributed by atoms with E-state index in [1.165, 1.54) is 12.8 Å². The molecule has 0 unspecified atom stereocenters. The Kier molecular flexibility index (Phi) is 3.22. The molecule has 2 aromatic rings. The van der Waals surface area contributed by atoms with Gasteiger partial charge in [0, 0.05) is 22.3 Å². The molecule has 3 rings (SSSR count). The standard InChI is InChI=1S/C13H11BrClN3/c14-8-1-4-10(11(15)7-8)12-5-6-16-13(18-12)17-9-2-3-9/h1,4-7,9H,2-3H2,(H,16,17,18). The Morgan fingerprint density at radius 1 is 1.28 bits per heavy atom. The first-order chi connectivity index (χ1) is 8.72. The minimum Gasteiger partial charge on any atom is -0.351 e. The van der Waals surface area contributed by atoms with Crippen molar-refractivity contribution in [2.45, 2.75) is 18.9 Å². The van der Waals surface area contributed by atoms with Gasteiger partial charge >= 0.3 is 0 Å². The maximum Gasteiger partial charge on any atom is 0.223 e. The molecule has 0 saturated heterocycles. The maximum atomic E-state index is 6.22. The molecule has 18 heavy (non-hydrogen) atoms. The maximum absolute atomic E-state index is 6.22. The number of halogens is 2. The topological polar surface area (TPSA) is 37.8 Å². The number of anilines is 1. The summed E-state index contributed by atoms with van der Waals surface area (Å²) >= 11 is 9.62. The van der Waals surface area contributed by atoms with Gasteiger partial charge < -0.3 is 5.32 Å². The van der Waals surface area contributed by atoms with E-state index in [-0.39, 0.29) is 0 Å². The van der Waals surface area contributed by atoms with Crippen molar-refractivity contribution in [3.05, 3.63) is 40.0 Å². The van der Waals surface area contributed by atoms with Crippen molar-refractivity contribution in [3.8, 4) is 11.3 Å². The Labute approximate surface area is 119 Å². The van der Waals surface area contributed by atoms with Crippen LogP contribution in [0.4, 0.5) is 5.95 Å². The molecule has 1 aliphatic rings. The van der Waals surface area contributed by atoms with Crippen LogP contribution in [0.25, 0.3) is 11.3 Å². The summed E-state index contributed by atoms with van der Waals surface area (Å²) in [6.45, 7) is 0. The van der Waals surface area contributed by atoms with Gasteiger partial charge in [-0.3, -0.25) is 0 Å². The second-order valence-electron chi connectivity index (χ2n) is 4.31. The third-order valence-corrected chi connectivity index (χ3v) is 3.58. The molecule has 0 spiro atoms. The van der Waals surface area contributed by atoms with Crippen molar-refractivity contribution in [3.63, 3.8) is 0 Å². The summed E-state index contributed by atoms with van der Waals surface area (Å²) in [4.78, 5) is 8.71. The molecule has 0 radical (unpaired) electrons. The highest BCUT2D eigenvalue weighted by Gasteiger charge is 2.22. The van der Waals surface area contributed by atoms with Crippen LogP contribution in [0, 0.1) is 0 Å². The monoisotopic (exact) mass is 323 g/mol. The molecule has 1 aromatic heterocycles. The molecule has 1 heterocycles. The quantitative estimate of drug-likeness (QED) is 0.922. The molecular formula is C13H11BrClN3. The highest BCUT2D eigenvalue weighted by atomic mass is 79.9. The molecule has 3 nitrogen and oxygen atoms in total. The van der Waals surface area contributed by atoms with E-state index in [0.29, 0.717) is 17.0 Å². The Bertz CT molecular complexity index is 584. The lowest BCUT2D eigenvalue weighted by molar-refractivity contribution is 1.06. The van der Waals surface area contributed by atoms with Crippen LogP contribution >= 0.6 is 27.5 Å². The van der Waals surface area contributed by atoms with E-state index in [1.54, 1.807) is 6.20 Å². The molecule has 1 aromatic carbocycles. The average molecular weight is 325 g/mol. The molecule has 1 fully saturated rings. The lowest BCUT2D eigenvalue weighted by Crippen LogP contribution is -2.05. The molecule has 1 aliphatic carbocycles. The summed E-state index contributed by atoms with van der Waals surface area (Å²) in [5.41, 5.74) is 1.76. The minimum absolute atomic E-state index is 0.542. The van der Waals surface area contributed by atoms with Gasteiger partial charge in [0.2, 0.25) is 5.95 Å². The summed E-state index contributed by atoms with van der Waals surface area (Å²) in [6.07, 6.45) is 4.16. The van der Waals surface area contributed by atoms with Gasteiger partial charge in [0.25, 0.3) is 0 Å². The number of hydrogen-bond acceptors (Lipinski definition) is 3. The van der Waals surface area contributed by atoms with Crippen LogP contribution in [0.2, 0.25) is 5.02 Å². The summed E-state index contributed by atoms with van der Waals surface area (Å²) < 4.78 is 0.960. The van der Waals surface area contributed by atoms with Crippen molar-refractivity contribution in [2.75, 3.05) is 5.32 Å². The smallest absolute Gasteiger partial charge is 0.223 e. The second-order valence-corrected chi connectivity index (χ2v) is 5.63. The van der Waals surface area contributed by atoms with Crippen molar-refractivity contribution in [2.24, 2.45) is 0 Å². The van der Waals surface area contributed by atoms with Gasteiger partial charge in [0.05, 0.1) is 10.7 Å². The number of aromatic nitrogens is 2. The first kappa shape index (κ1) is 11.9. The van der Waals surface area contributed by atoms with Gasteiger partial charge in [-0.15, -0.1) is 0 Å². The van der Waals surface area contributed by atoms with Crippen LogP contribution in [0.5, 0.6) is 0 Å². The second kappa shape index (κ2) is 4.86. The average Bonchev–Trinajstić information content (AvgIpc) is 3.13. The molecule has 0 aliphatic heterocycles. The van der Waals surface area contributed by atoms with Crippen molar-refractivity contribution in [1.82, 2.24) is 9.97 Å². The fourth-order valence-electron chi connectivity index (χ4n) is 1.69. The molecule has 0 amide bonds. The summed E-state index contributed by atoms with van der Waals surface area (Å²) in [5, 5.41) is 3.96. The van der Waals surface area contributed by atoms with E-state index < -0.39 is 0 Å². The van der Waals surface area contributed by atoms with E-state index in [2.05, 4.69) is 31.2 Å². The predicted molar refractivity (Wildman–Crippen MR) is 76.8 cm³/mol. The highest BCUT2D eigenvalue weighted by Crippen LogP contribution is 2.30. The molecule has 0 atom stereocenters. The van der Waals surface area contributed by atoms with Gasteiger partial charge in [0.15, 0.2) is 0 Å². The van der Waals surface area contributed by atoms with Crippen LogP contribution < -0.4 is 5.32 Å². The number of hydrogen-bond donors (Lipinski definition) is 1. The van der Waals surface area contributed by atoms with E-state index in [1.807, 2.05) is 24.3 Å². The van der Waals surface area contributed by atoms with Crippen LogP contribution in [0.3, 0.4) is 0 Å². The van der Waals surface area contributed by atoms with Crippen molar-refractivity contribution < 1.29 is 0 Å². The van der Waals surface area contributed by atoms with Gasteiger partial charge in [-0.25, -0.2) is 9.97 Å². The third kappa shape index (κ3) is 2.65. The van der Waals surface area contributed by atoms with Crippen LogP contribution in [0.1, 0.15) is 12.8 Å². The van der Waals surface area contributed by atoms with Gasteiger partial charge in [-0.05, 0) is 31.0 Å². The fourth-order valence-corrected chi connectivity index (χ4v) is 2.46. The Balaban J connectivity index is 1.94. The van der Waals surface area contributed by atoms with Gasteiger partial charge in [-0.2, -0.15) is 0 Å². The Hall–Kier alpha value is -1.13. The predicted octanol–water partition coefficient (Wildman–Crippen LogP) is 4.13. The molecule has 1 saturated carbocycles. The Morgan fingerprint density at radius 2 is 2.11 bits per heavy atom. The van der Waals surface area contributed by atoms with Crippen LogP contribution in [-0.2, 0) is 0 Å². The van der Waals surface area contributed by atoms with E-state index in [0.717, 1.165) is 15.7 Å². The van der Waals surface area contributed by atoms with Crippen molar-refractivity contribution >= 4 is 33.5 Å². The van der Waals surface area contributed by atoms with Crippen LogP contribution in [-0.4, -0.2) is 16.0 Å². The number of rotatable bonds is 3. The summed E-state index contributed by atoms with van der Waals surface area (Å²) in [5.74, 6) is 0.675. The molecule has 1 N–H and O–H groups in total. The lowest BCUT2D eigenvalue weighted by Gasteiger charge is -2.07. The van der Waals surface area contributed by atoms with E-state index in [9.17, 15) is 0 Å². The SMILES string of the molecule is Clc1cc(Br)ccc1-c1ccnc(NC2CC2)n1. The zero-order chi connectivity index (χ0) is 12.5.